The van der Waals surface area contributed by atoms with Crippen LogP contribution < -0.4 is 0 Å². The molecule has 110 valence electrons. The second kappa shape index (κ2) is 5.23. The molecule has 4 atom stereocenters. The van der Waals surface area contributed by atoms with E-state index in [-0.39, 0.29) is 24.0 Å². The van der Waals surface area contributed by atoms with E-state index in [1.54, 1.807) is 0 Å². The lowest BCUT2D eigenvalue weighted by Gasteiger charge is -2.36. The predicted molar refractivity (Wildman–Crippen MR) is 74.9 cm³/mol. The molecule has 0 aromatic heterocycles. The van der Waals surface area contributed by atoms with Gasteiger partial charge in [0.05, 0.1) is 6.04 Å². The molecule has 0 aromatic rings. The van der Waals surface area contributed by atoms with Gasteiger partial charge in [0.1, 0.15) is 6.10 Å². The van der Waals surface area contributed by atoms with Crippen LogP contribution in [0, 0.1) is 11.8 Å². The first-order valence-corrected chi connectivity index (χ1v) is 7.78. The lowest BCUT2D eigenvalue weighted by molar-refractivity contribution is -0.146. The fraction of sp³-hybridized carbons (Fsp3) is 0.750. The molecule has 2 fully saturated rings. The second-order valence-electron chi connectivity index (χ2n) is 6.57. The van der Waals surface area contributed by atoms with Crippen molar-refractivity contribution in [3.8, 4) is 0 Å². The Hall–Kier alpha value is -1.32. The zero-order valence-corrected chi connectivity index (χ0v) is 12.2. The summed E-state index contributed by atoms with van der Waals surface area (Å²) in [5.41, 5.74) is 0. The Morgan fingerprint density at radius 1 is 1.20 bits per heavy atom. The van der Waals surface area contributed by atoms with E-state index in [2.05, 4.69) is 18.7 Å². The topological polar surface area (TPSA) is 46.6 Å². The summed E-state index contributed by atoms with van der Waals surface area (Å²) >= 11 is 0. The van der Waals surface area contributed by atoms with E-state index < -0.39 is 0 Å². The van der Waals surface area contributed by atoms with Gasteiger partial charge >= 0.3 is 5.97 Å². The summed E-state index contributed by atoms with van der Waals surface area (Å²) in [6.45, 7) is 4.50. The van der Waals surface area contributed by atoms with Gasteiger partial charge in [-0.25, -0.2) is 4.79 Å². The molecule has 0 unspecified atom stereocenters. The van der Waals surface area contributed by atoms with Crippen LogP contribution in [0.4, 0.5) is 0 Å². The van der Waals surface area contributed by atoms with Gasteiger partial charge in [0, 0.05) is 18.5 Å². The summed E-state index contributed by atoms with van der Waals surface area (Å²) in [7, 11) is 0. The number of nitrogens with zero attached hydrogens (tertiary/aromatic N) is 1. The van der Waals surface area contributed by atoms with Gasteiger partial charge in [-0.3, -0.25) is 4.79 Å². The first-order chi connectivity index (χ1) is 9.58. The van der Waals surface area contributed by atoms with Gasteiger partial charge in [-0.2, -0.15) is 0 Å². The third kappa shape index (κ3) is 2.25. The Kier molecular flexibility index (Phi) is 3.57. The largest absolute Gasteiger partial charge is 0.453 e. The van der Waals surface area contributed by atoms with Gasteiger partial charge in [0.25, 0.3) is 0 Å². The molecule has 0 N–H and O–H groups in total. The SMILES string of the molecule is CC(C)[C@H]1CCCC(=O)N2[C@H]1CC[C@H]2[C@H]1C=CC(=O)O1. The van der Waals surface area contributed by atoms with Crippen LogP contribution in [0.3, 0.4) is 0 Å². The Labute approximate surface area is 120 Å². The Balaban J connectivity index is 1.84. The number of hydrogen-bond donors (Lipinski definition) is 0. The molecule has 3 rings (SSSR count). The Morgan fingerprint density at radius 2 is 1.95 bits per heavy atom. The molecular weight excluding hydrogens is 254 g/mol. The van der Waals surface area contributed by atoms with E-state index >= 15 is 0 Å². The van der Waals surface area contributed by atoms with Crippen LogP contribution in [-0.2, 0) is 14.3 Å². The molecule has 0 radical (unpaired) electrons. The van der Waals surface area contributed by atoms with E-state index in [0.29, 0.717) is 24.3 Å². The third-order valence-corrected chi connectivity index (χ3v) is 5.09. The van der Waals surface area contributed by atoms with Crippen LogP contribution in [0.25, 0.3) is 0 Å². The molecule has 0 bridgehead atoms. The van der Waals surface area contributed by atoms with Gasteiger partial charge in [-0.05, 0) is 43.6 Å². The maximum Gasteiger partial charge on any atom is 0.331 e. The molecule has 4 heteroatoms. The van der Waals surface area contributed by atoms with Crippen molar-refractivity contribution in [1.82, 2.24) is 4.90 Å². The maximum absolute atomic E-state index is 12.5. The van der Waals surface area contributed by atoms with E-state index in [0.717, 1.165) is 25.7 Å². The number of ether oxygens (including phenoxy) is 1. The lowest BCUT2D eigenvalue weighted by atomic mass is 9.84. The van der Waals surface area contributed by atoms with E-state index in [9.17, 15) is 9.59 Å². The highest BCUT2D eigenvalue weighted by molar-refractivity contribution is 5.85. The van der Waals surface area contributed by atoms with Crippen molar-refractivity contribution in [2.24, 2.45) is 11.8 Å². The average Bonchev–Trinajstić information content (AvgIpc) is 2.96. The van der Waals surface area contributed by atoms with Crippen LogP contribution in [-0.4, -0.2) is 35.0 Å². The number of fused-ring (bicyclic) bond motifs is 1. The summed E-state index contributed by atoms with van der Waals surface area (Å²) in [6.07, 6.45) is 7.82. The number of carbonyl (C=O) groups excluding carboxylic acids is 2. The number of cyclic esters (lactones) is 1. The average molecular weight is 277 g/mol. The minimum absolute atomic E-state index is 0.0505. The summed E-state index contributed by atoms with van der Waals surface area (Å²) in [5, 5.41) is 0. The Bertz CT molecular complexity index is 443. The summed E-state index contributed by atoms with van der Waals surface area (Å²) in [4.78, 5) is 25.8. The molecular formula is C16H23NO3. The maximum atomic E-state index is 12.5. The Morgan fingerprint density at radius 3 is 2.60 bits per heavy atom. The van der Waals surface area contributed by atoms with Crippen LogP contribution in [0.15, 0.2) is 12.2 Å². The van der Waals surface area contributed by atoms with Crippen molar-refractivity contribution in [2.75, 3.05) is 0 Å². The highest BCUT2D eigenvalue weighted by Crippen LogP contribution is 2.40. The monoisotopic (exact) mass is 277 g/mol. The minimum atomic E-state index is -0.277. The molecule has 0 aliphatic carbocycles. The minimum Gasteiger partial charge on any atom is -0.453 e. The van der Waals surface area contributed by atoms with Crippen molar-refractivity contribution in [3.05, 3.63) is 12.2 Å². The van der Waals surface area contributed by atoms with Gasteiger partial charge in [-0.15, -0.1) is 0 Å². The number of esters is 1. The molecule has 3 aliphatic heterocycles. The zero-order valence-electron chi connectivity index (χ0n) is 12.2. The van der Waals surface area contributed by atoms with Gasteiger partial charge < -0.3 is 9.64 Å². The van der Waals surface area contributed by atoms with Crippen molar-refractivity contribution in [2.45, 2.75) is 64.1 Å². The zero-order chi connectivity index (χ0) is 14.3. The summed E-state index contributed by atoms with van der Waals surface area (Å²) in [5.74, 6) is 1.14. The normalized spacial score (nSPS) is 37.2. The summed E-state index contributed by atoms with van der Waals surface area (Å²) < 4.78 is 5.34. The van der Waals surface area contributed by atoms with Crippen molar-refractivity contribution in [1.29, 1.82) is 0 Å². The fourth-order valence-electron chi connectivity index (χ4n) is 4.16. The molecule has 0 aromatic carbocycles. The molecule has 3 heterocycles. The van der Waals surface area contributed by atoms with Gasteiger partial charge in [-0.1, -0.05) is 13.8 Å². The highest BCUT2D eigenvalue weighted by Gasteiger charge is 2.46. The van der Waals surface area contributed by atoms with Crippen LogP contribution in [0.2, 0.25) is 0 Å². The molecule has 3 aliphatic rings. The molecule has 0 spiro atoms. The highest BCUT2D eigenvalue weighted by atomic mass is 16.5. The lowest BCUT2D eigenvalue weighted by Crippen LogP contribution is -2.48. The predicted octanol–water partition coefficient (Wildman–Crippen LogP) is 2.28. The molecule has 4 nitrogen and oxygen atoms in total. The first kappa shape index (κ1) is 13.7. The van der Waals surface area contributed by atoms with Crippen LogP contribution in [0.1, 0.15) is 46.0 Å². The standard InChI is InChI=1S/C16H23NO3/c1-10(2)11-4-3-5-15(18)17-12(11)6-7-13(17)14-8-9-16(19)20-14/h8-14H,3-7H2,1-2H3/t11-,12+,13+,14-/m1/s1. The van der Waals surface area contributed by atoms with E-state index in [1.807, 2.05) is 6.08 Å². The van der Waals surface area contributed by atoms with Crippen molar-refractivity contribution in [3.63, 3.8) is 0 Å². The molecule has 2 saturated heterocycles. The number of rotatable bonds is 2. The molecule has 0 saturated carbocycles. The quantitative estimate of drug-likeness (QED) is 0.728. The van der Waals surface area contributed by atoms with Gasteiger partial charge in [0.15, 0.2) is 0 Å². The van der Waals surface area contributed by atoms with Crippen molar-refractivity contribution >= 4 is 11.9 Å². The fourth-order valence-corrected chi connectivity index (χ4v) is 4.16. The van der Waals surface area contributed by atoms with E-state index in [4.69, 9.17) is 4.74 Å². The number of carbonyl (C=O) groups is 2. The molecule has 1 amide bonds. The van der Waals surface area contributed by atoms with E-state index in [1.165, 1.54) is 6.08 Å². The molecule has 20 heavy (non-hydrogen) atoms. The van der Waals surface area contributed by atoms with Crippen LogP contribution >= 0.6 is 0 Å². The second-order valence-corrected chi connectivity index (χ2v) is 6.57. The van der Waals surface area contributed by atoms with Crippen molar-refractivity contribution < 1.29 is 14.3 Å². The number of amides is 1. The summed E-state index contributed by atoms with van der Waals surface area (Å²) in [6, 6.07) is 0.386. The van der Waals surface area contributed by atoms with Crippen LogP contribution in [0.5, 0.6) is 0 Å². The first-order valence-electron chi connectivity index (χ1n) is 7.78. The smallest absolute Gasteiger partial charge is 0.331 e. The third-order valence-electron chi connectivity index (χ3n) is 5.09. The van der Waals surface area contributed by atoms with Gasteiger partial charge in [0.2, 0.25) is 5.91 Å². The number of hydrogen-bond acceptors (Lipinski definition) is 3.